The van der Waals surface area contributed by atoms with E-state index in [2.05, 4.69) is 55.6 Å². The average molecular weight is 974 g/mol. The van der Waals surface area contributed by atoms with E-state index in [0.29, 0.717) is 48.9 Å². The number of halogens is 5. The zero-order valence-corrected chi connectivity index (χ0v) is 40.4. The molecule has 0 N–H and O–H groups in total. The number of carbonyl (C=O) groups excluding carboxylic acids is 2. The van der Waals surface area contributed by atoms with Gasteiger partial charge >= 0.3 is 6.18 Å². The van der Waals surface area contributed by atoms with Gasteiger partial charge in [-0.1, -0.05) is 82.0 Å². The molecule has 0 saturated heterocycles. The van der Waals surface area contributed by atoms with Crippen LogP contribution in [0.5, 0.6) is 0 Å². The number of alkyl halides is 5. The van der Waals surface area contributed by atoms with Crippen molar-refractivity contribution >= 4 is 46.1 Å². The summed E-state index contributed by atoms with van der Waals surface area (Å²) >= 11 is 14.7. The first-order chi connectivity index (χ1) is 25.9. The second-order valence-corrected chi connectivity index (χ2v) is 17.4. The van der Waals surface area contributed by atoms with E-state index in [1.807, 2.05) is 30.3 Å². The predicted molar refractivity (Wildman–Crippen MR) is 215 cm³/mol. The van der Waals surface area contributed by atoms with Crippen LogP contribution in [-0.4, -0.2) is 22.3 Å². The zero-order valence-electron chi connectivity index (χ0n) is 32.4. The molecular weight excluding hydrogens is 922 g/mol. The molecule has 0 bridgehead atoms. The molecule has 2 unspecified atom stereocenters. The molecule has 4 aromatic rings. The number of ketones is 2. The summed E-state index contributed by atoms with van der Waals surface area (Å²) in [5.41, 5.74) is 3.95. The van der Waals surface area contributed by atoms with Gasteiger partial charge in [0.25, 0.3) is 0 Å². The Bertz CT molecular complexity index is 1770. The van der Waals surface area contributed by atoms with Gasteiger partial charge < -0.3 is 11.3 Å². The van der Waals surface area contributed by atoms with E-state index in [1.54, 1.807) is 17.4 Å². The molecule has 0 amide bonds. The van der Waals surface area contributed by atoms with Gasteiger partial charge in [-0.15, -0.1) is 33.5 Å². The first kappa shape index (κ1) is 49.6. The molecule has 2 aliphatic carbocycles. The van der Waals surface area contributed by atoms with Gasteiger partial charge in [-0.2, -0.15) is 55.1 Å². The SMILES string of the molecule is CC(C)c1cccc(CC[C@H]2C(Cl)CC(=O)[C@@H]2CCCc2cc[c-]s2)c1.O=C1CC(Cl)[C@H](CCc2cccc(C(F)(F)F)c2)[C@H]1CCCc1c[c-]ccc1.[Y].[Y]. The van der Waals surface area contributed by atoms with Crippen molar-refractivity contribution in [3.63, 3.8) is 0 Å². The van der Waals surface area contributed by atoms with Crippen molar-refractivity contribution in [3.05, 3.63) is 129 Å². The van der Waals surface area contributed by atoms with E-state index in [0.717, 1.165) is 57.4 Å². The Morgan fingerprint density at radius 3 is 1.82 bits per heavy atom. The molecule has 1 heterocycles. The summed E-state index contributed by atoms with van der Waals surface area (Å²) in [7, 11) is 0. The van der Waals surface area contributed by atoms with Crippen molar-refractivity contribution in [3.8, 4) is 0 Å². The summed E-state index contributed by atoms with van der Waals surface area (Å²) in [6.07, 6.45) is 5.34. The van der Waals surface area contributed by atoms with Crippen LogP contribution >= 0.6 is 34.5 Å². The fourth-order valence-electron chi connectivity index (χ4n) is 8.18. The van der Waals surface area contributed by atoms with Crippen molar-refractivity contribution in [2.24, 2.45) is 23.7 Å². The third-order valence-electron chi connectivity index (χ3n) is 11.2. The molecule has 6 rings (SSSR count). The summed E-state index contributed by atoms with van der Waals surface area (Å²) in [5, 5.41) is 2.92. The first-order valence-electron chi connectivity index (χ1n) is 19.4. The van der Waals surface area contributed by atoms with Gasteiger partial charge in [0.1, 0.15) is 11.6 Å². The van der Waals surface area contributed by atoms with E-state index < -0.39 is 11.7 Å². The van der Waals surface area contributed by atoms with Gasteiger partial charge in [-0.05, 0) is 79.0 Å². The molecular formula is C46H51Cl2F3O2SY2-2. The largest absolute Gasteiger partial charge is 0.416 e. The Morgan fingerprint density at radius 1 is 0.714 bits per heavy atom. The third-order valence-corrected chi connectivity index (χ3v) is 13.0. The van der Waals surface area contributed by atoms with E-state index in [4.69, 9.17) is 23.2 Å². The Kier molecular flexibility index (Phi) is 21.7. The van der Waals surface area contributed by atoms with E-state index >= 15 is 0 Å². The fourth-order valence-corrected chi connectivity index (χ4v) is 9.75. The normalized spacial score (nSPS) is 22.0. The standard InChI is InChI=1S/C23H23ClF3O.C23H28ClOS.2Y/c24-21-15-22(28)20(11-5-8-16-6-2-1-3-7-16)19(21)13-12-17-9-4-10-18(14-17)23(25,26)27;1-16(2)18-7-3-6-17(14-18)11-12-20-21(23(25)15-22(20)24)10-4-8-19-9-5-13-26-19;;/h1-2,4,6-7,9-10,14,19-21H,5,8,11-13,15H2;3,5-7,9,14,16,20-22H,4,8,10-12,15H2,1-2H3;;/q2*-1;;/t19-,20-,21?;20-,21-,22?;;/m11../s1. The number of rotatable bonds is 15. The molecule has 2 radical (unpaired) electrons. The number of benzene rings is 3. The summed E-state index contributed by atoms with van der Waals surface area (Å²) in [6, 6.07) is 29.2. The Hall–Kier alpha value is -0.722. The van der Waals surface area contributed by atoms with Gasteiger partial charge in [-0.25, -0.2) is 6.07 Å². The molecule has 2 saturated carbocycles. The van der Waals surface area contributed by atoms with E-state index in [1.165, 1.54) is 33.7 Å². The molecule has 0 spiro atoms. The molecule has 3 aromatic carbocycles. The van der Waals surface area contributed by atoms with Crippen LogP contribution in [-0.2, 0) is 107 Å². The Morgan fingerprint density at radius 2 is 1.29 bits per heavy atom. The maximum absolute atomic E-state index is 12.9. The van der Waals surface area contributed by atoms with Crippen molar-refractivity contribution in [1.82, 2.24) is 0 Å². The smallest absolute Gasteiger partial charge is 0.300 e. The van der Waals surface area contributed by atoms with Crippen LogP contribution < -0.4 is 0 Å². The molecule has 10 heteroatoms. The minimum atomic E-state index is -4.34. The van der Waals surface area contributed by atoms with E-state index in [9.17, 15) is 22.8 Å². The van der Waals surface area contributed by atoms with Crippen LogP contribution in [0, 0.1) is 35.1 Å². The van der Waals surface area contributed by atoms with Crippen LogP contribution in [0.25, 0.3) is 0 Å². The molecule has 2 nitrogen and oxygen atoms in total. The Balaban J connectivity index is 0.000000291. The number of Topliss-reactive ketones (excluding diaryl/α,β-unsaturated/α-hetero) is 2. The summed E-state index contributed by atoms with van der Waals surface area (Å²) < 4.78 is 38.7. The third kappa shape index (κ3) is 15.1. The molecule has 1 aromatic heterocycles. The number of hydrogen-bond acceptors (Lipinski definition) is 3. The molecule has 6 atom stereocenters. The van der Waals surface area contributed by atoms with Crippen LogP contribution in [0.2, 0.25) is 0 Å². The van der Waals surface area contributed by atoms with Gasteiger partial charge in [0.05, 0.1) is 5.56 Å². The predicted octanol–water partition coefficient (Wildman–Crippen LogP) is 12.7. The fraction of sp³-hybridized carbons (Fsp3) is 0.478. The summed E-state index contributed by atoms with van der Waals surface area (Å²) in [4.78, 5) is 26.2. The van der Waals surface area contributed by atoms with Crippen molar-refractivity contribution in [1.29, 1.82) is 0 Å². The molecule has 0 aliphatic heterocycles. The first-order valence-corrected chi connectivity index (χ1v) is 21.1. The second-order valence-electron chi connectivity index (χ2n) is 15.3. The molecule has 296 valence electrons. The van der Waals surface area contributed by atoms with Crippen LogP contribution in [0.4, 0.5) is 13.2 Å². The number of carbonyl (C=O) groups is 2. The quantitative estimate of drug-likeness (QED) is 0.0879. The van der Waals surface area contributed by atoms with Crippen molar-refractivity contribution < 1.29 is 88.2 Å². The zero-order chi connectivity index (χ0) is 38.7. The van der Waals surface area contributed by atoms with E-state index in [-0.39, 0.29) is 99.7 Å². The van der Waals surface area contributed by atoms with Crippen molar-refractivity contribution in [2.45, 2.75) is 114 Å². The average Bonchev–Trinajstić information content (AvgIpc) is 3.84. The maximum atomic E-state index is 12.9. The monoisotopic (exact) mass is 972 g/mol. The number of aryl methyl sites for hydroxylation is 4. The van der Waals surface area contributed by atoms with Crippen LogP contribution in [0.15, 0.2) is 84.9 Å². The molecule has 2 fully saturated rings. The minimum absolute atomic E-state index is 0. The van der Waals surface area contributed by atoms with Crippen LogP contribution in [0.1, 0.15) is 104 Å². The van der Waals surface area contributed by atoms with Crippen LogP contribution in [0.3, 0.4) is 0 Å². The molecule has 2 aliphatic rings. The summed E-state index contributed by atoms with van der Waals surface area (Å²) in [5.74, 6) is 1.51. The Labute approximate surface area is 396 Å². The summed E-state index contributed by atoms with van der Waals surface area (Å²) in [6.45, 7) is 4.45. The van der Waals surface area contributed by atoms with Gasteiger partial charge in [-0.3, -0.25) is 9.59 Å². The van der Waals surface area contributed by atoms with Gasteiger partial charge in [0.2, 0.25) is 0 Å². The number of hydrogen-bond donors (Lipinski definition) is 0. The second kappa shape index (κ2) is 24.5. The maximum Gasteiger partial charge on any atom is 0.416 e. The molecule has 56 heavy (non-hydrogen) atoms. The topological polar surface area (TPSA) is 34.1 Å². The number of thiophene rings is 1. The minimum Gasteiger partial charge on any atom is -0.300 e. The van der Waals surface area contributed by atoms with Gasteiger partial charge in [0.15, 0.2) is 0 Å². The van der Waals surface area contributed by atoms with Gasteiger partial charge in [0, 0.05) is 101 Å². The van der Waals surface area contributed by atoms with Crippen molar-refractivity contribution in [2.75, 3.05) is 0 Å².